The van der Waals surface area contributed by atoms with E-state index in [0.717, 1.165) is 12.1 Å². The van der Waals surface area contributed by atoms with Gasteiger partial charge in [0.1, 0.15) is 18.2 Å². The van der Waals surface area contributed by atoms with Crippen LogP contribution in [-0.4, -0.2) is 57.0 Å². The molecule has 0 aliphatic carbocycles. The van der Waals surface area contributed by atoms with Crippen LogP contribution < -0.4 is 4.74 Å². The number of halogens is 3. The summed E-state index contributed by atoms with van der Waals surface area (Å²) in [6, 6.07) is 10.9. The molecule has 0 N–H and O–H groups in total. The smallest absolute Gasteiger partial charge is 0.244 e. The predicted octanol–water partition coefficient (Wildman–Crippen LogP) is 3.63. The summed E-state index contributed by atoms with van der Waals surface area (Å²) in [7, 11) is -3.66. The standard InChI is InChI=1S/C18H19BrClFN2O3S/c19-15-13-14(21)5-6-18(15)27(24,25)23-9-7-22(8-10-23)11-12-26-17-4-2-1-3-16(17)20/h1-6,13H,7-12H2. The second-order valence-electron chi connectivity index (χ2n) is 6.10. The van der Waals surface area contributed by atoms with E-state index in [4.69, 9.17) is 16.3 Å². The lowest BCUT2D eigenvalue weighted by Gasteiger charge is -2.34. The lowest BCUT2D eigenvalue weighted by molar-refractivity contribution is 0.159. The van der Waals surface area contributed by atoms with E-state index >= 15 is 0 Å². The number of hydrogen-bond acceptors (Lipinski definition) is 4. The maximum absolute atomic E-state index is 13.2. The van der Waals surface area contributed by atoms with Crippen LogP contribution in [0.2, 0.25) is 5.02 Å². The number of ether oxygens (including phenoxy) is 1. The first-order valence-electron chi connectivity index (χ1n) is 8.43. The Morgan fingerprint density at radius 1 is 1.11 bits per heavy atom. The Balaban J connectivity index is 1.53. The zero-order chi connectivity index (χ0) is 19.4. The van der Waals surface area contributed by atoms with Crippen molar-refractivity contribution >= 4 is 37.6 Å². The largest absolute Gasteiger partial charge is 0.491 e. The van der Waals surface area contributed by atoms with E-state index in [0.29, 0.717) is 50.1 Å². The molecule has 1 fully saturated rings. The van der Waals surface area contributed by atoms with Crippen molar-refractivity contribution in [3.8, 4) is 5.75 Å². The summed E-state index contributed by atoms with van der Waals surface area (Å²) >= 11 is 9.20. The van der Waals surface area contributed by atoms with Crippen LogP contribution >= 0.6 is 27.5 Å². The third kappa shape index (κ3) is 5.00. The summed E-state index contributed by atoms with van der Waals surface area (Å²) < 4.78 is 46.1. The summed E-state index contributed by atoms with van der Waals surface area (Å²) in [6.45, 7) is 3.10. The minimum absolute atomic E-state index is 0.0828. The Labute approximate surface area is 171 Å². The first kappa shape index (κ1) is 20.5. The average molecular weight is 478 g/mol. The number of para-hydroxylation sites is 1. The molecule has 9 heteroatoms. The van der Waals surface area contributed by atoms with Crippen LogP contribution in [-0.2, 0) is 10.0 Å². The van der Waals surface area contributed by atoms with Gasteiger partial charge >= 0.3 is 0 Å². The minimum atomic E-state index is -3.66. The Morgan fingerprint density at radius 2 is 1.81 bits per heavy atom. The molecule has 1 aliphatic heterocycles. The fraction of sp³-hybridized carbons (Fsp3) is 0.333. The van der Waals surface area contributed by atoms with E-state index < -0.39 is 15.8 Å². The molecular weight excluding hydrogens is 459 g/mol. The number of rotatable bonds is 6. The fourth-order valence-electron chi connectivity index (χ4n) is 2.86. The van der Waals surface area contributed by atoms with Crippen LogP contribution in [0.1, 0.15) is 0 Å². The lowest BCUT2D eigenvalue weighted by Crippen LogP contribution is -2.49. The second kappa shape index (κ2) is 8.87. The number of sulfonamides is 1. The molecule has 27 heavy (non-hydrogen) atoms. The quantitative estimate of drug-likeness (QED) is 0.638. The highest BCUT2D eigenvalue weighted by Crippen LogP contribution is 2.27. The van der Waals surface area contributed by atoms with Crippen molar-refractivity contribution in [2.75, 3.05) is 39.3 Å². The van der Waals surface area contributed by atoms with E-state index in [2.05, 4.69) is 20.8 Å². The molecule has 2 aromatic rings. The molecule has 0 atom stereocenters. The maximum Gasteiger partial charge on any atom is 0.244 e. The molecule has 0 aromatic heterocycles. The fourth-order valence-corrected chi connectivity index (χ4v) is 5.49. The molecule has 0 saturated carbocycles. The van der Waals surface area contributed by atoms with Crippen molar-refractivity contribution in [1.29, 1.82) is 0 Å². The Kier molecular flexibility index (Phi) is 6.75. The normalized spacial score (nSPS) is 16.4. The average Bonchev–Trinajstić information content (AvgIpc) is 2.63. The molecule has 1 saturated heterocycles. The second-order valence-corrected chi connectivity index (χ2v) is 9.27. The molecular formula is C18H19BrClFN2O3S. The molecule has 5 nitrogen and oxygen atoms in total. The van der Waals surface area contributed by atoms with Crippen LogP contribution in [0.4, 0.5) is 4.39 Å². The van der Waals surface area contributed by atoms with Crippen molar-refractivity contribution in [1.82, 2.24) is 9.21 Å². The van der Waals surface area contributed by atoms with E-state index in [1.165, 1.54) is 10.4 Å². The van der Waals surface area contributed by atoms with Gasteiger partial charge < -0.3 is 4.74 Å². The van der Waals surface area contributed by atoms with Crippen molar-refractivity contribution in [3.05, 3.63) is 57.8 Å². The number of nitrogens with zero attached hydrogens (tertiary/aromatic N) is 2. The van der Waals surface area contributed by atoms with Crippen LogP contribution in [0.25, 0.3) is 0 Å². The molecule has 0 radical (unpaired) electrons. The Bertz CT molecular complexity index is 905. The van der Waals surface area contributed by atoms with Gasteiger partial charge in [-0.05, 0) is 46.3 Å². The Hall–Kier alpha value is -1.19. The van der Waals surface area contributed by atoms with Gasteiger partial charge in [-0.15, -0.1) is 0 Å². The molecule has 1 aliphatic rings. The predicted molar refractivity (Wildman–Crippen MR) is 106 cm³/mol. The van der Waals surface area contributed by atoms with Crippen molar-refractivity contribution in [2.24, 2.45) is 0 Å². The summed E-state index contributed by atoms with van der Waals surface area (Å²) in [5.74, 6) is 0.158. The van der Waals surface area contributed by atoms with Crippen molar-refractivity contribution < 1.29 is 17.5 Å². The highest BCUT2D eigenvalue weighted by molar-refractivity contribution is 9.10. The van der Waals surface area contributed by atoms with Gasteiger partial charge in [-0.3, -0.25) is 4.90 Å². The summed E-state index contributed by atoms with van der Waals surface area (Å²) in [4.78, 5) is 2.22. The minimum Gasteiger partial charge on any atom is -0.491 e. The zero-order valence-corrected chi connectivity index (χ0v) is 17.6. The highest BCUT2D eigenvalue weighted by Gasteiger charge is 2.30. The van der Waals surface area contributed by atoms with Crippen molar-refractivity contribution in [3.63, 3.8) is 0 Å². The van der Waals surface area contributed by atoms with Gasteiger partial charge in [0.25, 0.3) is 0 Å². The van der Waals surface area contributed by atoms with Gasteiger partial charge in [-0.1, -0.05) is 23.7 Å². The van der Waals surface area contributed by atoms with Gasteiger partial charge in [0, 0.05) is 37.2 Å². The lowest BCUT2D eigenvalue weighted by atomic mass is 10.3. The Morgan fingerprint density at radius 3 is 2.48 bits per heavy atom. The van der Waals surface area contributed by atoms with Crippen LogP contribution in [0.15, 0.2) is 51.8 Å². The van der Waals surface area contributed by atoms with Crippen LogP contribution in [0, 0.1) is 5.82 Å². The number of piperazine rings is 1. The monoisotopic (exact) mass is 476 g/mol. The first-order valence-corrected chi connectivity index (χ1v) is 11.0. The van der Waals surface area contributed by atoms with Gasteiger partial charge in [0.15, 0.2) is 0 Å². The summed E-state index contributed by atoms with van der Waals surface area (Å²) in [5.41, 5.74) is 0. The molecule has 0 bridgehead atoms. The first-order chi connectivity index (χ1) is 12.9. The van der Waals surface area contributed by atoms with Crippen molar-refractivity contribution in [2.45, 2.75) is 4.90 Å². The third-order valence-corrected chi connectivity index (χ3v) is 7.53. The summed E-state index contributed by atoms with van der Waals surface area (Å²) in [6.07, 6.45) is 0. The van der Waals surface area contributed by atoms with E-state index in [-0.39, 0.29) is 9.37 Å². The maximum atomic E-state index is 13.2. The molecule has 0 unspecified atom stereocenters. The molecule has 1 heterocycles. The van der Waals surface area contributed by atoms with Gasteiger partial charge in [-0.2, -0.15) is 4.31 Å². The third-order valence-electron chi connectivity index (χ3n) is 4.34. The van der Waals surface area contributed by atoms with Gasteiger partial charge in [0.2, 0.25) is 10.0 Å². The molecule has 0 amide bonds. The van der Waals surface area contributed by atoms with Gasteiger partial charge in [0.05, 0.1) is 9.92 Å². The summed E-state index contributed by atoms with van der Waals surface area (Å²) in [5, 5.41) is 0.568. The van der Waals surface area contributed by atoms with Crippen LogP contribution in [0.3, 0.4) is 0 Å². The number of benzene rings is 2. The van der Waals surface area contributed by atoms with E-state index in [9.17, 15) is 12.8 Å². The van der Waals surface area contributed by atoms with E-state index in [1.807, 2.05) is 18.2 Å². The molecule has 0 spiro atoms. The SMILES string of the molecule is O=S(=O)(c1ccc(F)cc1Br)N1CCN(CCOc2ccccc2Cl)CC1. The molecule has 3 rings (SSSR count). The highest BCUT2D eigenvalue weighted by atomic mass is 79.9. The molecule has 2 aromatic carbocycles. The zero-order valence-electron chi connectivity index (χ0n) is 14.4. The topological polar surface area (TPSA) is 49.9 Å². The van der Waals surface area contributed by atoms with E-state index in [1.54, 1.807) is 6.07 Å². The van der Waals surface area contributed by atoms with Crippen LogP contribution in [0.5, 0.6) is 5.75 Å². The van der Waals surface area contributed by atoms with Gasteiger partial charge in [-0.25, -0.2) is 12.8 Å². The number of hydrogen-bond donors (Lipinski definition) is 0. The molecule has 146 valence electrons.